The lowest BCUT2D eigenvalue weighted by molar-refractivity contribution is 0.0955. The van der Waals surface area contributed by atoms with Gasteiger partial charge in [0, 0.05) is 18.3 Å². The van der Waals surface area contributed by atoms with Gasteiger partial charge in [-0.15, -0.1) is 11.3 Å². The number of nitrogens with zero attached hydrogens (tertiary/aromatic N) is 1. The van der Waals surface area contributed by atoms with Gasteiger partial charge >= 0.3 is 0 Å². The number of fused-ring (bicyclic) bond motifs is 2. The van der Waals surface area contributed by atoms with Crippen LogP contribution in [0.3, 0.4) is 0 Å². The minimum absolute atomic E-state index is 0.183. The summed E-state index contributed by atoms with van der Waals surface area (Å²) in [6, 6.07) is 12.6. The van der Waals surface area contributed by atoms with Crippen LogP contribution in [-0.4, -0.2) is 34.4 Å². The average molecular weight is 418 g/mol. The largest absolute Gasteiger partial charge is 0.454 e. The molecule has 0 radical (unpaired) electrons. The van der Waals surface area contributed by atoms with E-state index in [0.717, 1.165) is 21.9 Å². The summed E-state index contributed by atoms with van der Waals surface area (Å²) in [6.07, 6.45) is 1.15. The number of nitrogens with one attached hydrogen (secondary N) is 1. The molecule has 4 rings (SSSR count). The van der Waals surface area contributed by atoms with Crippen LogP contribution in [0, 0.1) is 0 Å². The topological polar surface area (TPSA) is 84.9 Å². The molecule has 0 fully saturated rings. The van der Waals surface area contributed by atoms with Crippen LogP contribution >= 0.6 is 11.3 Å². The monoisotopic (exact) mass is 418 g/mol. The molecule has 0 atom stereocenters. The molecule has 28 heavy (non-hydrogen) atoms. The fraction of sp³-hybridized carbons (Fsp3) is 0.211. The third-order valence-electron chi connectivity index (χ3n) is 4.47. The first-order valence-corrected chi connectivity index (χ1v) is 11.1. The van der Waals surface area contributed by atoms with E-state index < -0.39 is 10.0 Å². The van der Waals surface area contributed by atoms with Gasteiger partial charge in [-0.25, -0.2) is 8.42 Å². The van der Waals surface area contributed by atoms with E-state index in [0.29, 0.717) is 28.6 Å². The molecule has 0 spiro atoms. The van der Waals surface area contributed by atoms with Crippen molar-refractivity contribution < 1.29 is 22.7 Å². The summed E-state index contributed by atoms with van der Waals surface area (Å²) in [7, 11) is -1.84. The molecule has 0 saturated heterocycles. The quantitative estimate of drug-likeness (QED) is 0.689. The second-order valence-electron chi connectivity index (χ2n) is 6.43. The van der Waals surface area contributed by atoms with Crippen LogP contribution in [0.2, 0.25) is 0 Å². The number of sulfonamides is 1. The normalized spacial score (nSPS) is 12.9. The maximum absolute atomic E-state index is 12.5. The molecule has 9 heteroatoms. The van der Waals surface area contributed by atoms with Crippen LogP contribution in [-0.2, 0) is 16.6 Å². The second-order valence-corrected chi connectivity index (χ2v) is 9.53. The Bertz CT molecular complexity index is 1170. The molecule has 0 aliphatic carbocycles. The van der Waals surface area contributed by atoms with E-state index >= 15 is 0 Å². The molecular weight excluding hydrogens is 400 g/mol. The zero-order valence-electron chi connectivity index (χ0n) is 15.3. The lowest BCUT2D eigenvalue weighted by Gasteiger charge is -2.16. The highest BCUT2D eigenvalue weighted by Gasteiger charge is 2.16. The highest BCUT2D eigenvalue weighted by molar-refractivity contribution is 7.92. The zero-order chi connectivity index (χ0) is 19.9. The van der Waals surface area contributed by atoms with E-state index in [-0.39, 0.29) is 12.7 Å². The Balaban J connectivity index is 1.50. The highest BCUT2D eigenvalue weighted by atomic mass is 32.2. The maximum Gasteiger partial charge on any atom is 0.261 e. The fourth-order valence-corrected chi connectivity index (χ4v) is 4.31. The number of carbonyl (C=O) groups is 1. The highest BCUT2D eigenvalue weighted by Crippen LogP contribution is 2.33. The molecule has 146 valence electrons. The number of hydrogen-bond donors (Lipinski definition) is 1. The van der Waals surface area contributed by atoms with Crippen molar-refractivity contribution >= 4 is 43.0 Å². The molecule has 2 heterocycles. The van der Waals surface area contributed by atoms with Gasteiger partial charge in [0.15, 0.2) is 11.5 Å². The van der Waals surface area contributed by atoms with E-state index in [1.54, 1.807) is 18.2 Å². The number of amides is 1. The molecule has 0 bridgehead atoms. The van der Waals surface area contributed by atoms with Crippen molar-refractivity contribution in [1.29, 1.82) is 0 Å². The van der Waals surface area contributed by atoms with Gasteiger partial charge in [0.1, 0.15) is 0 Å². The van der Waals surface area contributed by atoms with Gasteiger partial charge in [-0.2, -0.15) is 0 Å². The smallest absolute Gasteiger partial charge is 0.261 e. The Morgan fingerprint density at radius 1 is 1.14 bits per heavy atom. The summed E-state index contributed by atoms with van der Waals surface area (Å²) in [6.45, 7) is 0.579. The van der Waals surface area contributed by atoms with Gasteiger partial charge in [-0.1, -0.05) is 6.07 Å². The van der Waals surface area contributed by atoms with E-state index in [1.807, 2.05) is 24.3 Å². The van der Waals surface area contributed by atoms with Crippen molar-refractivity contribution in [2.24, 2.45) is 0 Å². The van der Waals surface area contributed by atoms with Gasteiger partial charge in [0.05, 0.1) is 16.8 Å². The van der Waals surface area contributed by atoms with Crippen molar-refractivity contribution in [1.82, 2.24) is 5.32 Å². The van der Waals surface area contributed by atoms with Crippen molar-refractivity contribution in [2.45, 2.75) is 6.54 Å². The van der Waals surface area contributed by atoms with Crippen LogP contribution in [0.5, 0.6) is 11.5 Å². The standard InChI is InChI=1S/C19H18N2O5S2/c1-21(28(2,23)24)14-4-6-17-13(8-14)9-18(27-17)19(22)20-10-12-3-5-15-16(7-12)26-11-25-15/h3-9H,10-11H2,1-2H3,(H,20,22). The third kappa shape index (κ3) is 3.63. The zero-order valence-corrected chi connectivity index (χ0v) is 16.9. The molecule has 1 N–H and O–H groups in total. The Kier molecular flexibility index (Phi) is 4.64. The van der Waals surface area contributed by atoms with Crippen molar-refractivity contribution in [3.8, 4) is 11.5 Å². The molecule has 1 aromatic heterocycles. The summed E-state index contributed by atoms with van der Waals surface area (Å²) in [4.78, 5) is 13.1. The lowest BCUT2D eigenvalue weighted by Crippen LogP contribution is -2.24. The first kappa shape index (κ1) is 18.6. The summed E-state index contributed by atoms with van der Waals surface area (Å²) in [5.74, 6) is 1.20. The van der Waals surface area contributed by atoms with Gasteiger partial charge in [-0.3, -0.25) is 9.10 Å². The van der Waals surface area contributed by atoms with Crippen LogP contribution in [0.25, 0.3) is 10.1 Å². The molecule has 1 aliphatic heterocycles. The summed E-state index contributed by atoms with van der Waals surface area (Å²) in [5.41, 5.74) is 1.47. The number of rotatable bonds is 5. The van der Waals surface area contributed by atoms with Crippen molar-refractivity contribution in [2.75, 3.05) is 24.4 Å². The Morgan fingerprint density at radius 3 is 2.71 bits per heavy atom. The van der Waals surface area contributed by atoms with Crippen LogP contribution in [0.1, 0.15) is 15.2 Å². The average Bonchev–Trinajstić information content (AvgIpc) is 3.30. The second kappa shape index (κ2) is 6.99. The lowest BCUT2D eigenvalue weighted by atomic mass is 10.2. The molecule has 0 unspecified atom stereocenters. The predicted molar refractivity (Wildman–Crippen MR) is 109 cm³/mol. The summed E-state index contributed by atoms with van der Waals surface area (Å²) in [5, 5.41) is 3.72. The number of anilines is 1. The molecule has 1 amide bonds. The first-order valence-electron chi connectivity index (χ1n) is 8.45. The van der Waals surface area contributed by atoms with E-state index in [1.165, 1.54) is 22.7 Å². The predicted octanol–water partition coefficient (Wildman–Crippen LogP) is 2.96. The first-order chi connectivity index (χ1) is 13.3. The minimum atomic E-state index is -3.34. The molecule has 2 aromatic carbocycles. The van der Waals surface area contributed by atoms with E-state index in [2.05, 4.69) is 5.32 Å². The number of hydrogen-bond acceptors (Lipinski definition) is 6. The maximum atomic E-state index is 12.5. The molecule has 1 aliphatic rings. The van der Waals surface area contributed by atoms with E-state index in [4.69, 9.17) is 9.47 Å². The van der Waals surface area contributed by atoms with Crippen LogP contribution in [0.4, 0.5) is 5.69 Å². The van der Waals surface area contributed by atoms with Gasteiger partial charge < -0.3 is 14.8 Å². The Hall–Kier alpha value is -2.78. The summed E-state index contributed by atoms with van der Waals surface area (Å²) >= 11 is 1.36. The fourth-order valence-electron chi connectivity index (χ4n) is 2.85. The Labute approximate surface area is 166 Å². The SMILES string of the molecule is CN(c1ccc2sc(C(=O)NCc3ccc4c(c3)OCO4)cc2c1)S(C)(=O)=O. The van der Waals surface area contributed by atoms with Crippen LogP contribution in [0.15, 0.2) is 42.5 Å². The molecule has 0 saturated carbocycles. The van der Waals surface area contributed by atoms with Crippen molar-refractivity contribution in [3.05, 3.63) is 52.9 Å². The number of thiophene rings is 1. The molecule has 3 aromatic rings. The molecule has 7 nitrogen and oxygen atoms in total. The number of ether oxygens (including phenoxy) is 2. The number of carbonyl (C=O) groups excluding carboxylic acids is 1. The van der Waals surface area contributed by atoms with Gasteiger partial charge in [0.25, 0.3) is 5.91 Å². The molecular formula is C19H18N2O5S2. The van der Waals surface area contributed by atoms with Gasteiger partial charge in [0.2, 0.25) is 16.8 Å². The van der Waals surface area contributed by atoms with Crippen molar-refractivity contribution in [3.63, 3.8) is 0 Å². The van der Waals surface area contributed by atoms with Gasteiger partial charge in [-0.05, 0) is 47.3 Å². The summed E-state index contributed by atoms with van der Waals surface area (Å²) < 4.78 is 36.2. The third-order valence-corrected chi connectivity index (χ3v) is 6.80. The minimum Gasteiger partial charge on any atom is -0.454 e. The van der Waals surface area contributed by atoms with Crippen LogP contribution < -0.4 is 19.1 Å². The van der Waals surface area contributed by atoms with E-state index in [9.17, 15) is 13.2 Å². The number of benzene rings is 2. The Morgan fingerprint density at radius 2 is 1.93 bits per heavy atom.